The van der Waals surface area contributed by atoms with Gasteiger partial charge in [-0.3, -0.25) is 0 Å². The highest BCUT2D eigenvalue weighted by Gasteiger charge is 2.17. The number of para-hydroxylation sites is 1. The summed E-state index contributed by atoms with van der Waals surface area (Å²) in [4.78, 5) is 15.0. The largest absolute Gasteiger partial charge is 0.309 e. The first-order valence-electron chi connectivity index (χ1n) is 16.5. The molecule has 4 heteroatoms. The van der Waals surface area contributed by atoms with Crippen LogP contribution in [-0.2, 0) is 0 Å². The van der Waals surface area contributed by atoms with Crippen LogP contribution in [0.5, 0.6) is 0 Å². The van der Waals surface area contributed by atoms with Crippen LogP contribution >= 0.6 is 0 Å². The second kappa shape index (κ2) is 12.2. The van der Waals surface area contributed by atoms with Crippen molar-refractivity contribution in [3.8, 4) is 62.1 Å². The van der Waals surface area contributed by atoms with Gasteiger partial charge in [0, 0.05) is 33.2 Å². The number of hydrogen-bond acceptors (Lipinski definition) is 3. The van der Waals surface area contributed by atoms with Crippen molar-refractivity contribution in [2.45, 2.75) is 0 Å². The van der Waals surface area contributed by atoms with Gasteiger partial charge in [-0.05, 0) is 58.7 Å². The number of rotatable bonds is 6. The zero-order valence-electron chi connectivity index (χ0n) is 26.6. The maximum absolute atomic E-state index is 5.06. The van der Waals surface area contributed by atoms with Gasteiger partial charge in [0.05, 0.1) is 11.0 Å². The molecule has 0 aliphatic carbocycles. The second-order valence-electron chi connectivity index (χ2n) is 12.1. The molecule has 0 unspecified atom stereocenters. The lowest BCUT2D eigenvalue weighted by Crippen LogP contribution is -2.00. The number of benzene rings is 7. The lowest BCUT2D eigenvalue weighted by Gasteiger charge is -2.11. The molecule has 0 saturated carbocycles. The molecule has 0 amide bonds. The van der Waals surface area contributed by atoms with Crippen LogP contribution in [0, 0.1) is 0 Å². The minimum Gasteiger partial charge on any atom is -0.309 e. The molecule has 9 rings (SSSR count). The van der Waals surface area contributed by atoms with Crippen LogP contribution in [0.3, 0.4) is 0 Å². The molecular weight excluding hydrogens is 597 g/mol. The minimum absolute atomic E-state index is 0.641. The summed E-state index contributed by atoms with van der Waals surface area (Å²) in [6.45, 7) is 0. The maximum Gasteiger partial charge on any atom is 0.164 e. The van der Waals surface area contributed by atoms with E-state index >= 15 is 0 Å². The topological polar surface area (TPSA) is 43.6 Å². The van der Waals surface area contributed by atoms with E-state index in [9.17, 15) is 0 Å². The van der Waals surface area contributed by atoms with Crippen molar-refractivity contribution in [3.05, 3.63) is 182 Å². The van der Waals surface area contributed by atoms with Gasteiger partial charge < -0.3 is 4.57 Å². The third-order valence-electron chi connectivity index (χ3n) is 9.08. The Morgan fingerprint density at radius 3 is 1.27 bits per heavy atom. The van der Waals surface area contributed by atoms with Crippen molar-refractivity contribution >= 4 is 21.8 Å². The fraction of sp³-hybridized carbons (Fsp3) is 0. The lowest BCUT2D eigenvalue weighted by molar-refractivity contribution is 1.07. The smallest absolute Gasteiger partial charge is 0.164 e. The van der Waals surface area contributed by atoms with Crippen LogP contribution < -0.4 is 0 Å². The van der Waals surface area contributed by atoms with Gasteiger partial charge in [0.25, 0.3) is 0 Å². The predicted molar refractivity (Wildman–Crippen MR) is 201 cm³/mol. The van der Waals surface area contributed by atoms with Crippen molar-refractivity contribution in [2.24, 2.45) is 0 Å². The van der Waals surface area contributed by atoms with Gasteiger partial charge in [-0.15, -0.1) is 0 Å². The quantitative estimate of drug-likeness (QED) is 0.184. The Morgan fingerprint density at radius 1 is 0.286 bits per heavy atom. The van der Waals surface area contributed by atoms with Crippen LogP contribution in [0.1, 0.15) is 0 Å². The molecular formula is C45H30N4. The Hall–Kier alpha value is -6.65. The normalized spacial score (nSPS) is 11.3. The highest BCUT2D eigenvalue weighted by Crippen LogP contribution is 2.36. The van der Waals surface area contributed by atoms with Crippen LogP contribution in [-0.4, -0.2) is 19.5 Å². The van der Waals surface area contributed by atoms with Gasteiger partial charge in [0.15, 0.2) is 17.5 Å². The van der Waals surface area contributed by atoms with Gasteiger partial charge in [0.1, 0.15) is 0 Å². The number of fused-ring (bicyclic) bond motifs is 3. The van der Waals surface area contributed by atoms with Crippen molar-refractivity contribution in [3.63, 3.8) is 0 Å². The first-order chi connectivity index (χ1) is 24.3. The van der Waals surface area contributed by atoms with E-state index in [2.05, 4.69) is 144 Å². The predicted octanol–water partition coefficient (Wildman–Crippen LogP) is 11.3. The molecule has 0 fully saturated rings. The van der Waals surface area contributed by atoms with Crippen LogP contribution in [0.2, 0.25) is 0 Å². The van der Waals surface area contributed by atoms with Crippen molar-refractivity contribution in [1.82, 2.24) is 19.5 Å². The Bertz CT molecular complexity index is 2560. The number of aromatic nitrogens is 4. The molecule has 0 atom stereocenters. The van der Waals surface area contributed by atoms with Gasteiger partial charge in [-0.2, -0.15) is 0 Å². The minimum atomic E-state index is 0.641. The monoisotopic (exact) mass is 626 g/mol. The summed E-state index contributed by atoms with van der Waals surface area (Å²) < 4.78 is 2.34. The second-order valence-corrected chi connectivity index (χ2v) is 12.1. The summed E-state index contributed by atoms with van der Waals surface area (Å²) in [7, 11) is 0. The lowest BCUT2D eigenvalue weighted by atomic mass is 10.0. The molecule has 0 radical (unpaired) electrons. The van der Waals surface area contributed by atoms with Gasteiger partial charge in [0.2, 0.25) is 0 Å². The molecule has 0 bridgehead atoms. The van der Waals surface area contributed by atoms with E-state index < -0.39 is 0 Å². The summed E-state index contributed by atoms with van der Waals surface area (Å²) in [5.41, 5.74) is 11.0. The van der Waals surface area contributed by atoms with E-state index in [-0.39, 0.29) is 0 Å². The molecule has 0 aliphatic heterocycles. The maximum atomic E-state index is 5.06. The van der Waals surface area contributed by atoms with E-state index in [0.717, 1.165) is 44.4 Å². The Morgan fingerprint density at radius 2 is 0.673 bits per heavy atom. The SMILES string of the molecule is c1ccc(-c2ccc(-c3nc(-c4ccccc4)nc(-c4ccc5c(c4)c4ccccc4n5-c4ccc(-c5ccccc5)cc4)n3)cc2)cc1. The molecule has 4 nitrogen and oxygen atoms in total. The van der Waals surface area contributed by atoms with Crippen molar-refractivity contribution in [1.29, 1.82) is 0 Å². The Labute approximate surface area is 284 Å². The van der Waals surface area contributed by atoms with Crippen LogP contribution in [0.25, 0.3) is 83.9 Å². The van der Waals surface area contributed by atoms with Crippen molar-refractivity contribution in [2.75, 3.05) is 0 Å². The van der Waals surface area contributed by atoms with E-state index in [1.54, 1.807) is 0 Å². The Balaban J connectivity index is 1.17. The van der Waals surface area contributed by atoms with Gasteiger partial charge >= 0.3 is 0 Å². The Kier molecular flexibility index (Phi) is 7.10. The highest BCUT2D eigenvalue weighted by atomic mass is 15.0. The molecule has 9 aromatic rings. The molecule has 0 spiro atoms. The van der Waals surface area contributed by atoms with Gasteiger partial charge in [-0.1, -0.05) is 146 Å². The fourth-order valence-corrected chi connectivity index (χ4v) is 6.62. The molecule has 230 valence electrons. The summed E-state index contributed by atoms with van der Waals surface area (Å²) in [6, 6.07) is 63.4. The first-order valence-corrected chi connectivity index (χ1v) is 16.5. The van der Waals surface area contributed by atoms with E-state index in [0.29, 0.717) is 17.5 Å². The van der Waals surface area contributed by atoms with E-state index in [4.69, 9.17) is 15.0 Å². The van der Waals surface area contributed by atoms with E-state index in [1.165, 1.54) is 22.1 Å². The molecule has 7 aromatic carbocycles. The van der Waals surface area contributed by atoms with Crippen molar-refractivity contribution < 1.29 is 0 Å². The molecule has 49 heavy (non-hydrogen) atoms. The number of nitrogens with zero attached hydrogens (tertiary/aromatic N) is 4. The number of hydrogen-bond donors (Lipinski definition) is 0. The van der Waals surface area contributed by atoms with Crippen LogP contribution in [0.15, 0.2) is 182 Å². The molecule has 2 aromatic heterocycles. The van der Waals surface area contributed by atoms with E-state index in [1.807, 2.05) is 42.5 Å². The van der Waals surface area contributed by atoms with Gasteiger partial charge in [-0.25, -0.2) is 15.0 Å². The molecule has 0 aliphatic rings. The summed E-state index contributed by atoms with van der Waals surface area (Å²) in [5, 5.41) is 2.33. The summed E-state index contributed by atoms with van der Waals surface area (Å²) in [6.07, 6.45) is 0. The highest BCUT2D eigenvalue weighted by molar-refractivity contribution is 6.10. The average molecular weight is 627 g/mol. The third kappa shape index (κ3) is 5.35. The summed E-state index contributed by atoms with van der Waals surface area (Å²) in [5.74, 6) is 1.93. The zero-order chi connectivity index (χ0) is 32.6. The standard InChI is InChI=1S/C45H30N4/c1-4-12-31(13-5-1)33-20-22-36(23-21-33)44-46-43(35-16-8-3-9-17-35)47-45(48-44)37-26-29-42-40(30-37)39-18-10-11-19-41(39)49(42)38-27-24-34(25-28-38)32-14-6-2-7-15-32/h1-30H. The van der Waals surface area contributed by atoms with Crippen LogP contribution in [0.4, 0.5) is 0 Å². The molecule has 0 saturated heterocycles. The fourth-order valence-electron chi connectivity index (χ4n) is 6.62. The third-order valence-corrected chi connectivity index (χ3v) is 9.08. The molecule has 2 heterocycles. The first kappa shape index (κ1) is 28.6. The molecule has 0 N–H and O–H groups in total. The zero-order valence-corrected chi connectivity index (χ0v) is 26.6. The summed E-state index contributed by atoms with van der Waals surface area (Å²) >= 11 is 0. The average Bonchev–Trinajstić information content (AvgIpc) is 3.52.